The minimum absolute atomic E-state index is 0.0344. The van der Waals surface area contributed by atoms with Gasteiger partial charge in [-0.25, -0.2) is 9.97 Å². The predicted octanol–water partition coefficient (Wildman–Crippen LogP) is 4.41. The second-order valence-electron chi connectivity index (χ2n) is 7.68. The number of hydrogen-bond donors (Lipinski definition) is 3. The summed E-state index contributed by atoms with van der Waals surface area (Å²) in [6.45, 7) is 2.24. The maximum absolute atomic E-state index is 13.3. The lowest BCUT2D eigenvalue weighted by Gasteiger charge is -2.06. The Labute approximate surface area is 200 Å². The Kier molecular flexibility index (Phi) is 5.72. The molecule has 2 aromatic heterocycles. The van der Waals surface area contributed by atoms with Crippen LogP contribution in [-0.4, -0.2) is 38.5 Å². The molecule has 0 spiro atoms. The molecule has 0 bridgehead atoms. The van der Waals surface area contributed by atoms with Crippen LogP contribution >= 0.6 is 0 Å². The zero-order chi connectivity index (χ0) is 24.4. The Hall–Kier alpha value is -4.92. The minimum atomic E-state index is -0.416. The number of phenols is 1. The summed E-state index contributed by atoms with van der Waals surface area (Å²) < 4.78 is 6.84. The molecule has 9 nitrogen and oxygen atoms in total. The van der Waals surface area contributed by atoms with E-state index in [4.69, 9.17) is 10.5 Å². The molecule has 0 aliphatic carbocycles. The fourth-order valence-corrected chi connectivity index (χ4v) is 3.71. The summed E-state index contributed by atoms with van der Waals surface area (Å²) in [7, 11) is 0. The highest BCUT2D eigenvalue weighted by Gasteiger charge is 2.24. The summed E-state index contributed by atoms with van der Waals surface area (Å²) in [6.07, 6.45) is 1.55. The van der Waals surface area contributed by atoms with E-state index in [1.165, 1.54) is 10.7 Å². The smallest absolute Gasteiger partial charge is 0.261 e. The first-order valence-electron chi connectivity index (χ1n) is 11.0. The van der Waals surface area contributed by atoms with E-state index in [9.17, 15) is 9.90 Å². The molecule has 174 valence electrons. The van der Waals surface area contributed by atoms with Gasteiger partial charge in [0.25, 0.3) is 5.91 Å². The van der Waals surface area contributed by atoms with Gasteiger partial charge < -0.3 is 20.9 Å². The summed E-state index contributed by atoms with van der Waals surface area (Å²) >= 11 is 0. The van der Waals surface area contributed by atoms with Crippen LogP contribution in [0.2, 0.25) is 0 Å². The average molecular weight is 467 g/mol. The van der Waals surface area contributed by atoms with Gasteiger partial charge in [0.05, 0.1) is 23.9 Å². The van der Waals surface area contributed by atoms with Gasteiger partial charge >= 0.3 is 0 Å². The second-order valence-corrected chi connectivity index (χ2v) is 7.68. The van der Waals surface area contributed by atoms with Crippen molar-refractivity contribution in [3.05, 3.63) is 83.9 Å². The normalized spacial score (nSPS) is 11.3. The van der Waals surface area contributed by atoms with Gasteiger partial charge in [-0.1, -0.05) is 30.3 Å². The molecule has 3 aromatic carbocycles. The van der Waals surface area contributed by atoms with E-state index in [1.807, 2.05) is 49.4 Å². The lowest BCUT2D eigenvalue weighted by molar-refractivity contribution is 0.102. The molecule has 9 heteroatoms. The van der Waals surface area contributed by atoms with Crippen molar-refractivity contribution in [3.63, 3.8) is 0 Å². The topological polar surface area (TPSA) is 128 Å². The molecule has 5 rings (SSSR count). The monoisotopic (exact) mass is 466 g/mol. The number of para-hydroxylation sites is 3. The maximum atomic E-state index is 13.3. The summed E-state index contributed by atoms with van der Waals surface area (Å²) in [6, 6.07) is 21.3. The van der Waals surface area contributed by atoms with Gasteiger partial charge in [-0.3, -0.25) is 4.79 Å². The Morgan fingerprint density at radius 2 is 1.80 bits per heavy atom. The van der Waals surface area contributed by atoms with Gasteiger partial charge in [0.2, 0.25) is 0 Å². The summed E-state index contributed by atoms with van der Waals surface area (Å²) in [4.78, 5) is 22.6. The van der Waals surface area contributed by atoms with Gasteiger partial charge in [0.1, 0.15) is 16.9 Å². The molecule has 4 N–H and O–H groups in total. The Morgan fingerprint density at radius 1 is 1.09 bits per heavy atom. The van der Waals surface area contributed by atoms with Gasteiger partial charge in [0.15, 0.2) is 17.1 Å². The van der Waals surface area contributed by atoms with E-state index in [-0.39, 0.29) is 17.1 Å². The first-order chi connectivity index (χ1) is 17.0. The predicted molar refractivity (Wildman–Crippen MR) is 136 cm³/mol. The van der Waals surface area contributed by atoms with Crippen LogP contribution < -0.4 is 15.8 Å². The number of anilines is 2. The van der Waals surface area contributed by atoms with Gasteiger partial charge in [-0.05, 0) is 55.0 Å². The van der Waals surface area contributed by atoms with Crippen molar-refractivity contribution in [2.75, 3.05) is 17.7 Å². The first kappa shape index (κ1) is 21.9. The molecule has 0 aliphatic heterocycles. The number of aromatic nitrogens is 3. The largest absolute Gasteiger partial charge is 0.504 e. The number of ether oxygens (including phenoxy) is 1. The first-order valence-corrected chi connectivity index (χ1v) is 11.0. The van der Waals surface area contributed by atoms with Crippen LogP contribution in [0.5, 0.6) is 11.5 Å². The van der Waals surface area contributed by atoms with Crippen LogP contribution in [-0.2, 0) is 0 Å². The molecule has 0 atom stereocenters. The van der Waals surface area contributed by atoms with E-state index in [0.29, 0.717) is 45.8 Å². The van der Waals surface area contributed by atoms with E-state index in [2.05, 4.69) is 20.4 Å². The average Bonchev–Trinajstić information content (AvgIpc) is 3.13. The molecule has 0 radical (unpaired) electrons. The van der Waals surface area contributed by atoms with Crippen molar-refractivity contribution >= 4 is 45.8 Å². The SMILES string of the molecule is CCOc1cc(/C=N\n2c(N)c(C(=O)Nc3ccccc3)c3nc4ccccc4nc32)ccc1O. The lowest BCUT2D eigenvalue weighted by Crippen LogP contribution is -2.14. The second kappa shape index (κ2) is 9.14. The molecule has 0 saturated heterocycles. The summed E-state index contributed by atoms with van der Waals surface area (Å²) in [5.41, 5.74) is 9.88. The zero-order valence-corrected chi connectivity index (χ0v) is 18.8. The number of rotatable bonds is 6. The van der Waals surface area contributed by atoms with Crippen LogP contribution in [0.3, 0.4) is 0 Å². The molecule has 35 heavy (non-hydrogen) atoms. The van der Waals surface area contributed by atoms with Crippen molar-refractivity contribution in [2.24, 2.45) is 5.10 Å². The molecule has 5 aromatic rings. The lowest BCUT2D eigenvalue weighted by atomic mass is 10.2. The zero-order valence-electron chi connectivity index (χ0n) is 18.8. The molecule has 0 saturated carbocycles. The van der Waals surface area contributed by atoms with Crippen LogP contribution in [0, 0.1) is 0 Å². The third-order valence-electron chi connectivity index (χ3n) is 5.34. The number of nitrogens with one attached hydrogen (secondary N) is 1. The highest BCUT2D eigenvalue weighted by atomic mass is 16.5. The summed E-state index contributed by atoms with van der Waals surface area (Å²) in [5.74, 6) is 0.0620. The van der Waals surface area contributed by atoms with E-state index >= 15 is 0 Å². The Bertz CT molecular complexity index is 1580. The van der Waals surface area contributed by atoms with Crippen LogP contribution in [0.15, 0.2) is 77.9 Å². The molecular weight excluding hydrogens is 444 g/mol. The quantitative estimate of drug-likeness (QED) is 0.318. The number of nitrogens with zero attached hydrogens (tertiary/aromatic N) is 4. The van der Waals surface area contributed by atoms with E-state index in [0.717, 1.165) is 0 Å². The fraction of sp³-hybridized carbons (Fsp3) is 0.0769. The number of phenolic OH excluding ortho intramolecular Hbond substituents is 1. The van der Waals surface area contributed by atoms with Gasteiger partial charge in [-0.2, -0.15) is 9.78 Å². The molecule has 2 heterocycles. The van der Waals surface area contributed by atoms with Crippen molar-refractivity contribution in [1.82, 2.24) is 14.6 Å². The molecule has 0 unspecified atom stereocenters. The molecule has 1 amide bonds. The Morgan fingerprint density at radius 3 is 2.54 bits per heavy atom. The Balaban J connectivity index is 1.63. The van der Waals surface area contributed by atoms with Crippen molar-refractivity contribution in [2.45, 2.75) is 6.92 Å². The number of nitrogen functional groups attached to an aromatic ring is 1. The number of nitrogens with two attached hydrogens (primary N) is 1. The number of carbonyl (C=O) groups is 1. The van der Waals surface area contributed by atoms with Gasteiger partial charge in [-0.15, -0.1) is 0 Å². The molecule has 0 aliphatic rings. The molecular formula is C26H22N6O3. The van der Waals surface area contributed by atoms with Crippen LogP contribution in [0.4, 0.5) is 11.5 Å². The molecule has 0 fully saturated rings. The van der Waals surface area contributed by atoms with E-state index < -0.39 is 5.91 Å². The third-order valence-corrected chi connectivity index (χ3v) is 5.34. The minimum Gasteiger partial charge on any atom is -0.504 e. The number of carbonyl (C=O) groups excluding carboxylic acids is 1. The number of amides is 1. The summed E-state index contributed by atoms with van der Waals surface area (Å²) in [5, 5.41) is 17.3. The van der Waals surface area contributed by atoms with Crippen LogP contribution in [0.25, 0.3) is 22.2 Å². The van der Waals surface area contributed by atoms with Crippen molar-refractivity contribution in [1.29, 1.82) is 0 Å². The standard InChI is InChI=1S/C26H22N6O3/c1-2-35-21-14-16(12-13-20(21)33)15-28-32-24(27)22(26(34)29-17-8-4-3-5-9-17)23-25(32)31-19-11-7-6-10-18(19)30-23/h3-15,33H,2,27H2,1H3,(H,29,34)/b28-15-. The van der Waals surface area contributed by atoms with Crippen molar-refractivity contribution in [3.8, 4) is 11.5 Å². The number of fused-ring (bicyclic) bond motifs is 2. The fourth-order valence-electron chi connectivity index (χ4n) is 3.71. The van der Waals surface area contributed by atoms with Crippen molar-refractivity contribution < 1.29 is 14.6 Å². The third kappa shape index (κ3) is 4.22. The van der Waals surface area contributed by atoms with Crippen LogP contribution in [0.1, 0.15) is 22.8 Å². The highest BCUT2D eigenvalue weighted by molar-refractivity contribution is 6.16. The van der Waals surface area contributed by atoms with Gasteiger partial charge in [0, 0.05) is 5.69 Å². The van der Waals surface area contributed by atoms with E-state index in [1.54, 1.807) is 30.5 Å². The highest BCUT2D eigenvalue weighted by Crippen LogP contribution is 2.29. The number of hydrogen-bond acceptors (Lipinski definition) is 7. The maximum Gasteiger partial charge on any atom is 0.261 e. The number of aromatic hydroxyl groups is 1. The number of benzene rings is 3.